The average Bonchev–Trinajstić information content (AvgIpc) is 4.03. The van der Waals surface area contributed by atoms with Crippen LogP contribution >= 0.6 is 11.3 Å². The summed E-state index contributed by atoms with van der Waals surface area (Å²) in [5.74, 6) is 0. The lowest BCUT2D eigenvalue weighted by atomic mass is 9.98. The van der Waals surface area contributed by atoms with Gasteiger partial charge in [-0.05, 0) is 83.9 Å². The van der Waals surface area contributed by atoms with Crippen molar-refractivity contribution in [3.63, 3.8) is 0 Å². The Balaban J connectivity index is 1.16. The van der Waals surface area contributed by atoms with Crippen LogP contribution in [0.1, 0.15) is 0 Å². The van der Waals surface area contributed by atoms with Crippen LogP contribution in [0.3, 0.4) is 0 Å². The van der Waals surface area contributed by atoms with E-state index in [1.807, 2.05) is 11.3 Å². The van der Waals surface area contributed by atoms with Crippen LogP contribution in [0.15, 0.2) is 200 Å². The molecule has 0 radical (unpaired) electrons. The normalized spacial score (nSPS) is 12.1. The van der Waals surface area contributed by atoms with Crippen LogP contribution in [0.5, 0.6) is 0 Å². The number of fused-ring (bicyclic) bond motifs is 12. The fraction of sp³-hybridized carbons (Fsp3) is 0. The summed E-state index contributed by atoms with van der Waals surface area (Å²) >= 11 is 1.87. The Hall–Kier alpha value is -7.40. The van der Waals surface area contributed by atoms with Crippen LogP contribution in [0.4, 0.5) is 0 Å². The van der Waals surface area contributed by atoms with Gasteiger partial charge in [0.2, 0.25) is 0 Å². The Kier molecular flexibility index (Phi) is 6.60. The van der Waals surface area contributed by atoms with Crippen molar-refractivity contribution in [1.82, 2.24) is 13.7 Å². The van der Waals surface area contributed by atoms with Crippen LogP contribution < -0.4 is 0 Å². The summed E-state index contributed by atoms with van der Waals surface area (Å²) in [4.78, 5) is 0. The number of hydrogen-bond donors (Lipinski definition) is 0. The lowest BCUT2D eigenvalue weighted by Crippen LogP contribution is -2.00. The van der Waals surface area contributed by atoms with Gasteiger partial charge in [0, 0.05) is 63.9 Å². The Morgan fingerprint density at radius 2 is 0.724 bits per heavy atom. The Morgan fingerprint density at radius 3 is 1.29 bits per heavy atom. The quantitative estimate of drug-likeness (QED) is 0.170. The maximum absolute atomic E-state index is 2.50. The molecule has 3 nitrogen and oxygen atoms in total. The molecular weight excluding hydrogens is 723 g/mol. The highest BCUT2D eigenvalue weighted by Crippen LogP contribution is 2.45. The van der Waals surface area contributed by atoms with E-state index in [-0.39, 0.29) is 0 Å². The third-order valence-electron chi connectivity index (χ3n) is 12.2. The molecule has 0 N–H and O–H groups in total. The van der Waals surface area contributed by atoms with E-state index in [1.165, 1.54) is 102 Å². The molecule has 0 spiro atoms. The van der Waals surface area contributed by atoms with Gasteiger partial charge in [-0.15, -0.1) is 11.3 Å². The lowest BCUT2D eigenvalue weighted by Gasteiger charge is -2.16. The molecule has 13 aromatic rings. The Labute approximate surface area is 337 Å². The van der Waals surface area contributed by atoms with E-state index in [4.69, 9.17) is 0 Å². The fourth-order valence-corrected chi connectivity index (χ4v) is 11.0. The van der Waals surface area contributed by atoms with Crippen LogP contribution in [0.2, 0.25) is 0 Å². The monoisotopic (exact) mass is 755 g/mol. The zero-order chi connectivity index (χ0) is 37.9. The highest BCUT2D eigenvalue weighted by molar-refractivity contribution is 7.25. The number of benzene rings is 9. The van der Waals surface area contributed by atoms with Crippen LogP contribution in [-0.4, -0.2) is 13.7 Å². The SMILES string of the molecule is c1ccc2c(c1)sc1cccc(-n3c4ccccc4c4c(-c5cc(-n6c7ccccc7c7ccccc76)cc(-n6c7ccccc7c7ccccc76)c5)cccc43)c12. The number of para-hydroxylation sites is 5. The topological polar surface area (TPSA) is 14.8 Å². The van der Waals surface area contributed by atoms with Crippen molar-refractivity contribution in [2.45, 2.75) is 0 Å². The van der Waals surface area contributed by atoms with Gasteiger partial charge in [0.15, 0.2) is 0 Å². The minimum atomic E-state index is 1.13. The van der Waals surface area contributed by atoms with Gasteiger partial charge >= 0.3 is 0 Å². The number of rotatable bonds is 4. The summed E-state index contributed by atoms with van der Waals surface area (Å²) in [5, 5.41) is 10.1. The zero-order valence-corrected chi connectivity index (χ0v) is 32.1. The number of thiophene rings is 1. The average molecular weight is 756 g/mol. The number of aromatic nitrogens is 3. The molecule has 0 saturated carbocycles. The predicted octanol–water partition coefficient (Wildman–Crippen LogP) is 15.0. The first-order valence-electron chi connectivity index (χ1n) is 19.9. The number of nitrogens with zero attached hydrogens (tertiary/aromatic N) is 3. The molecule has 0 aliphatic carbocycles. The lowest BCUT2D eigenvalue weighted by molar-refractivity contribution is 1.13. The molecule has 58 heavy (non-hydrogen) atoms. The smallest absolute Gasteiger partial charge is 0.0555 e. The van der Waals surface area contributed by atoms with Crippen LogP contribution in [-0.2, 0) is 0 Å². The fourth-order valence-electron chi connectivity index (χ4n) is 9.87. The molecule has 9 aromatic carbocycles. The van der Waals surface area contributed by atoms with Crippen molar-refractivity contribution in [2.75, 3.05) is 0 Å². The van der Waals surface area contributed by atoms with E-state index in [0.29, 0.717) is 0 Å². The minimum absolute atomic E-state index is 1.13. The van der Waals surface area contributed by atoms with Gasteiger partial charge in [0.25, 0.3) is 0 Å². The second kappa shape index (κ2) is 12.1. The van der Waals surface area contributed by atoms with Gasteiger partial charge in [0.05, 0.1) is 38.8 Å². The van der Waals surface area contributed by atoms with E-state index in [2.05, 4.69) is 214 Å². The van der Waals surface area contributed by atoms with Crippen LogP contribution in [0.25, 0.3) is 114 Å². The van der Waals surface area contributed by atoms with Crippen molar-refractivity contribution in [2.24, 2.45) is 0 Å². The first kappa shape index (κ1) is 31.8. The molecule has 4 aromatic heterocycles. The second-order valence-electron chi connectivity index (χ2n) is 15.3. The van der Waals surface area contributed by atoms with Crippen LogP contribution in [0, 0.1) is 0 Å². The zero-order valence-electron chi connectivity index (χ0n) is 31.3. The van der Waals surface area contributed by atoms with Gasteiger partial charge in [0.1, 0.15) is 0 Å². The summed E-state index contributed by atoms with van der Waals surface area (Å²) in [6, 6.07) is 73.8. The van der Waals surface area contributed by atoms with Crippen molar-refractivity contribution >= 4 is 96.9 Å². The molecule has 0 aliphatic rings. The summed E-state index contributed by atoms with van der Waals surface area (Å²) in [7, 11) is 0. The number of hydrogen-bond acceptors (Lipinski definition) is 1. The largest absolute Gasteiger partial charge is 0.309 e. The van der Waals surface area contributed by atoms with Crippen molar-refractivity contribution in [3.8, 4) is 28.2 Å². The van der Waals surface area contributed by atoms with Crippen molar-refractivity contribution in [1.29, 1.82) is 0 Å². The summed E-state index contributed by atoms with van der Waals surface area (Å²) in [6.45, 7) is 0. The molecule has 0 unspecified atom stereocenters. The molecule has 0 amide bonds. The Morgan fingerprint density at radius 1 is 0.293 bits per heavy atom. The van der Waals surface area contributed by atoms with Gasteiger partial charge in [-0.25, -0.2) is 0 Å². The first-order valence-corrected chi connectivity index (χ1v) is 20.7. The predicted molar refractivity (Wildman–Crippen MR) is 248 cm³/mol. The van der Waals surface area contributed by atoms with E-state index >= 15 is 0 Å². The third-order valence-corrected chi connectivity index (χ3v) is 13.3. The highest BCUT2D eigenvalue weighted by Gasteiger charge is 2.22. The van der Waals surface area contributed by atoms with E-state index in [0.717, 1.165) is 11.4 Å². The molecular formula is C54H33N3S. The molecule has 0 atom stereocenters. The second-order valence-corrected chi connectivity index (χ2v) is 16.4. The molecule has 4 heteroatoms. The van der Waals surface area contributed by atoms with Gasteiger partial charge in [-0.1, -0.05) is 127 Å². The molecule has 13 rings (SSSR count). The summed E-state index contributed by atoms with van der Waals surface area (Å²) in [6.07, 6.45) is 0. The molecule has 0 bridgehead atoms. The van der Waals surface area contributed by atoms with Crippen molar-refractivity contribution in [3.05, 3.63) is 200 Å². The highest BCUT2D eigenvalue weighted by atomic mass is 32.1. The molecule has 0 saturated heterocycles. The van der Waals surface area contributed by atoms with Gasteiger partial charge < -0.3 is 13.7 Å². The standard InChI is InChI=1S/C54H33N3S/c1-7-22-44-38(15-1)39-16-2-8-23-45(39)55(44)35-31-34(32-36(33-35)56-46-24-9-3-17-40(46)41-18-4-10-25-47(41)56)37-21-13-27-49-53(37)42-19-5-11-26-48(42)57(49)50-28-14-30-52-54(50)43-20-6-12-29-51(43)58-52/h1-33H. The van der Waals surface area contributed by atoms with Gasteiger partial charge in [-0.2, -0.15) is 0 Å². The van der Waals surface area contributed by atoms with Gasteiger partial charge in [-0.3, -0.25) is 0 Å². The molecule has 0 aliphatic heterocycles. The summed E-state index contributed by atoms with van der Waals surface area (Å²) < 4.78 is 10.0. The maximum Gasteiger partial charge on any atom is 0.0555 e. The molecule has 4 heterocycles. The van der Waals surface area contributed by atoms with Crippen molar-refractivity contribution < 1.29 is 0 Å². The molecule has 0 fully saturated rings. The van der Waals surface area contributed by atoms with E-state index in [9.17, 15) is 0 Å². The third kappa shape index (κ3) is 4.38. The minimum Gasteiger partial charge on any atom is -0.309 e. The first-order chi connectivity index (χ1) is 28.8. The maximum atomic E-state index is 2.50. The van der Waals surface area contributed by atoms with E-state index in [1.54, 1.807) is 0 Å². The van der Waals surface area contributed by atoms with E-state index < -0.39 is 0 Å². The Bertz CT molecular complexity index is 3580. The summed E-state index contributed by atoms with van der Waals surface area (Å²) in [5.41, 5.74) is 13.0. The molecule has 270 valence electrons.